The average Bonchev–Trinajstić information content (AvgIpc) is 2.61. The molecular weight excluding hydrogens is 220 g/mol. The highest BCUT2D eigenvalue weighted by Gasteiger charge is 2.27. The van der Waals surface area contributed by atoms with Gasteiger partial charge in [-0.05, 0) is 45.6 Å². The molecule has 1 N–H and O–H groups in total. The highest BCUT2D eigenvalue weighted by Crippen LogP contribution is 2.33. The van der Waals surface area contributed by atoms with E-state index in [1.54, 1.807) is 11.8 Å². The van der Waals surface area contributed by atoms with Gasteiger partial charge < -0.3 is 5.11 Å². The lowest BCUT2D eigenvalue weighted by Gasteiger charge is -2.13. The molecule has 0 amide bonds. The molecule has 1 aliphatic rings. The van der Waals surface area contributed by atoms with Crippen LogP contribution in [0.25, 0.3) is 0 Å². The van der Waals surface area contributed by atoms with Gasteiger partial charge in [-0.3, -0.25) is 0 Å². The molecule has 0 bridgehead atoms. The van der Waals surface area contributed by atoms with E-state index in [2.05, 4.69) is 9.97 Å². The highest BCUT2D eigenvalue weighted by atomic mass is 32.2. The summed E-state index contributed by atoms with van der Waals surface area (Å²) in [6, 6.07) is 0. The van der Waals surface area contributed by atoms with Crippen LogP contribution in [0.15, 0.2) is 5.16 Å². The second-order valence-corrected chi connectivity index (χ2v) is 5.66. The first-order valence-corrected chi connectivity index (χ1v) is 6.62. The van der Waals surface area contributed by atoms with Gasteiger partial charge in [-0.2, -0.15) is 0 Å². The fourth-order valence-electron chi connectivity index (χ4n) is 1.97. The first-order valence-electron chi connectivity index (χ1n) is 5.74. The Morgan fingerprint density at radius 2 is 1.75 bits per heavy atom. The van der Waals surface area contributed by atoms with Crippen molar-refractivity contribution in [3.05, 3.63) is 17.0 Å². The van der Waals surface area contributed by atoms with E-state index >= 15 is 0 Å². The minimum absolute atomic E-state index is 0.185. The molecule has 0 saturated heterocycles. The van der Waals surface area contributed by atoms with Crippen LogP contribution in [-0.2, 0) is 0 Å². The van der Waals surface area contributed by atoms with Gasteiger partial charge in [0.1, 0.15) is 0 Å². The number of aryl methyl sites for hydroxylation is 2. The Morgan fingerprint density at radius 3 is 2.25 bits per heavy atom. The van der Waals surface area contributed by atoms with Crippen molar-refractivity contribution in [2.75, 3.05) is 0 Å². The van der Waals surface area contributed by atoms with Crippen molar-refractivity contribution in [1.29, 1.82) is 0 Å². The van der Waals surface area contributed by atoms with Gasteiger partial charge in [0.15, 0.2) is 5.16 Å². The van der Waals surface area contributed by atoms with Crippen LogP contribution in [-0.4, -0.2) is 26.4 Å². The van der Waals surface area contributed by atoms with E-state index in [1.807, 2.05) is 20.8 Å². The molecule has 1 aromatic rings. The van der Waals surface area contributed by atoms with Crippen molar-refractivity contribution < 1.29 is 5.11 Å². The van der Waals surface area contributed by atoms with E-state index in [9.17, 15) is 5.11 Å². The van der Waals surface area contributed by atoms with Gasteiger partial charge >= 0.3 is 0 Å². The van der Waals surface area contributed by atoms with Crippen LogP contribution in [0.1, 0.15) is 36.2 Å². The molecule has 16 heavy (non-hydrogen) atoms. The third-order valence-corrected chi connectivity index (χ3v) is 4.53. The molecule has 1 aromatic heterocycles. The maximum absolute atomic E-state index is 9.77. The average molecular weight is 238 g/mol. The zero-order chi connectivity index (χ0) is 11.7. The Bertz CT molecular complexity index is 372. The lowest BCUT2D eigenvalue weighted by Crippen LogP contribution is -2.15. The summed E-state index contributed by atoms with van der Waals surface area (Å²) in [7, 11) is 0. The Kier molecular flexibility index (Phi) is 3.50. The normalized spacial score (nSPS) is 25.0. The molecule has 0 radical (unpaired) electrons. The van der Waals surface area contributed by atoms with Crippen LogP contribution in [0.5, 0.6) is 0 Å². The van der Waals surface area contributed by atoms with E-state index in [0.29, 0.717) is 0 Å². The molecule has 0 spiro atoms. The SMILES string of the molecule is Cc1nc(SC2CCCC2O)nc(C)c1C. The maximum atomic E-state index is 9.77. The molecule has 2 unspecified atom stereocenters. The Labute approximate surface area is 101 Å². The molecule has 2 rings (SSSR count). The minimum atomic E-state index is -0.185. The number of aliphatic hydroxyl groups excluding tert-OH is 1. The molecule has 1 heterocycles. The lowest BCUT2D eigenvalue weighted by atomic mass is 10.2. The molecule has 1 fully saturated rings. The molecule has 88 valence electrons. The molecule has 1 saturated carbocycles. The summed E-state index contributed by atoms with van der Waals surface area (Å²) >= 11 is 1.62. The number of aliphatic hydroxyl groups is 1. The minimum Gasteiger partial charge on any atom is -0.392 e. The number of hydrogen-bond acceptors (Lipinski definition) is 4. The second kappa shape index (κ2) is 4.72. The summed E-state index contributed by atoms with van der Waals surface area (Å²) in [4.78, 5) is 8.94. The topological polar surface area (TPSA) is 46.0 Å². The predicted molar refractivity (Wildman–Crippen MR) is 65.7 cm³/mol. The number of aromatic nitrogens is 2. The second-order valence-electron chi connectivity index (χ2n) is 4.46. The summed E-state index contributed by atoms with van der Waals surface area (Å²) in [5.41, 5.74) is 3.25. The van der Waals surface area contributed by atoms with Gasteiger partial charge in [0.05, 0.1) is 6.10 Å². The van der Waals surface area contributed by atoms with Crippen LogP contribution in [0.4, 0.5) is 0 Å². The van der Waals surface area contributed by atoms with Crippen molar-refractivity contribution in [2.24, 2.45) is 0 Å². The van der Waals surface area contributed by atoms with Crippen LogP contribution in [0, 0.1) is 20.8 Å². The van der Waals surface area contributed by atoms with E-state index < -0.39 is 0 Å². The van der Waals surface area contributed by atoms with Gasteiger partial charge in [0, 0.05) is 16.6 Å². The summed E-state index contributed by atoms with van der Waals surface area (Å²) in [5, 5.41) is 10.9. The van der Waals surface area contributed by atoms with Gasteiger partial charge in [-0.1, -0.05) is 11.8 Å². The van der Waals surface area contributed by atoms with Crippen LogP contribution < -0.4 is 0 Å². The molecule has 0 aromatic carbocycles. The third-order valence-electron chi connectivity index (χ3n) is 3.29. The summed E-state index contributed by atoms with van der Waals surface area (Å²) in [5.74, 6) is 0. The third kappa shape index (κ3) is 2.38. The van der Waals surface area contributed by atoms with Gasteiger partial charge in [-0.15, -0.1) is 0 Å². The van der Waals surface area contributed by atoms with Gasteiger partial charge in [0.25, 0.3) is 0 Å². The maximum Gasteiger partial charge on any atom is 0.188 e. The summed E-state index contributed by atoms with van der Waals surface area (Å²) < 4.78 is 0. The molecule has 2 atom stereocenters. The number of rotatable bonds is 2. The number of hydrogen-bond donors (Lipinski definition) is 1. The Balaban J connectivity index is 2.15. The first-order chi connectivity index (χ1) is 7.58. The monoisotopic (exact) mass is 238 g/mol. The Hall–Kier alpha value is -0.610. The smallest absolute Gasteiger partial charge is 0.188 e. The van der Waals surface area contributed by atoms with Crippen LogP contribution in [0.2, 0.25) is 0 Å². The van der Waals surface area contributed by atoms with Crippen LogP contribution >= 0.6 is 11.8 Å². The van der Waals surface area contributed by atoms with E-state index in [-0.39, 0.29) is 11.4 Å². The quantitative estimate of drug-likeness (QED) is 0.804. The zero-order valence-electron chi connectivity index (χ0n) is 10.0. The zero-order valence-corrected chi connectivity index (χ0v) is 10.8. The highest BCUT2D eigenvalue weighted by molar-refractivity contribution is 7.99. The van der Waals surface area contributed by atoms with Crippen molar-refractivity contribution in [3.63, 3.8) is 0 Å². The van der Waals surface area contributed by atoms with Crippen molar-refractivity contribution in [3.8, 4) is 0 Å². The van der Waals surface area contributed by atoms with E-state index in [0.717, 1.165) is 41.4 Å². The predicted octanol–water partition coefficient (Wildman–Crippen LogP) is 2.41. The van der Waals surface area contributed by atoms with Crippen molar-refractivity contribution in [2.45, 2.75) is 56.5 Å². The van der Waals surface area contributed by atoms with E-state index in [4.69, 9.17) is 0 Å². The summed E-state index contributed by atoms with van der Waals surface area (Å²) in [6.45, 7) is 6.07. The molecule has 4 heteroatoms. The van der Waals surface area contributed by atoms with Crippen molar-refractivity contribution >= 4 is 11.8 Å². The van der Waals surface area contributed by atoms with Gasteiger partial charge in [0.2, 0.25) is 0 Å². The number of thioether (sulfide) groups is 1. The standard InChI is InChI=1S/C12H18N2OS/c1-7-8(2)13-12(14-9(7)3)16-11-6-4-5-10(11)15/h10-11,15H,4-6H2,1-3H3. The van der Waals surface area contributed by atoms with Crippen LogP contribution in [0.3, 0.4) is 0 Å². The largest absolute Gasteiger partial charge is 0.392 e. The molecule has 1 aliphatic carbocycles. The fourth-order valence-corrected chi connectivity index (χ4v) is 3.20. The Morgan fingerprint density at radius 1 is 1.12 bits per heavy atom. The lowest BCUT2D eigenvalue weighted by molar-refractivity contribution is 0.188. The van der Waals surface area contributed by atoms with E-state index in [1.165, 1.54) is 0 Å². The summed E-state index contributed by atoms with van der Waals surface area (Å²) in [6.07, 6.45) is 2.92. The first kappa shape index (κ1) is 11.9. The molecular formula is C12H18N2OS. The fraction of sp³-hybridized carbons (Fsp3) is 0.667. The number of nitrogens with zero attached hydrogens (tertiary/aromatic N) is 2. The molecule has 3 nitrogen and oxygen atoms in total. The van der Waals surface area contributed by atoms with Crippen molar-refractivity contribution in [1.82, 2.24) is 9.97 Å². The van der Waals surface area contributed by atoms with Gasteiger partial charge in [-0.25, -0.2) is 9.97 Å². The molecule has 0 aliphatic heterocycles.